The maximum Gasteiger partial charge on any atom is 0.139 e. The van der Waals surface area contributed by atoms with Crippen LogP contribution in [0.5, 0.6) is 5.75 Å². The molecule has 18 heavy (non-hydrogen) atoms. The highest BCUT2D eigenvalue weighted by molar-refractivity contribution is 6.35. The SMILES string of the molecule is CCCC(C)C(Cl)c1cc(Cl)c(OCC)cc1Cl. The van der Waals surface area contributed by atoms with Crippen LogP contribution in [0.3, 0.4) is 0 Å². The number of ether oxygens (including phenoxy) is 1. The fraction of sp³-hybridized carbons (Fsp3) is 0.571. The van der Waals surface area contributed by atoms with E-state index in [1.54, 1.807) is 6.07 Å². The third-order valence-electron chi connectivity index (χ3n) is 2.89. The molecule has 1 aromatic rings. The monoisotopic (exact) mass is 308 g/mol. The van der Waals surface area contributed by atoms with Gasteiger partial charge in [0, 0.05) is 11.1 Å². The van der Waals surface area contributed by atoms with Gasteiger partial charge in [-0.05, 0) is 30.9 Å². The van der Waals surface area contributed by atoms with Gasteiger partial charge in [0.2, 0.25) is 0 Å². The molecule has 1 aromatic carbocycles. The van der Waals surface area contributed by atoms with Crippen molar-refractivity contribution in [2.45, 2.75) is 39.0 Å². The molecule has 0 amide bonds. The lowest BCUT2D eigenvalue weighted by Gasteiger charge is -2.20. The molecule has 0 heterocycles. The predicted octanol–water partition coefficient (Wildman–Crippen LogP) is 6.11. The second-order valence-electron chi connectivity index (χ2n) is 4.40. The van der Waals surface area contributed by atoms with Crippen molar-refractivity contribution < 1.29 is 4.74 Å². The van der Waals surface area contributed by atoms with E-state index in [-0.39, 0.29) is 5.38 Å². The Morgan fingerprint density at radius 1 is 1.17 bits per heavy atom. The second-order valence-corrected chi connectivity index (χ2v) is 5.69. The number of hydrogen-bond acceptors (Lipinski definition) is 1. The Morgan fingerprint density at radius 2 is 1.83 bits per heavy atom. The van der Waals surface area contributed by atoms with Crippen molar-refractivity contribution in [2.75, 3.05) is 6.61 Å². The summed E-state index contributed by atoms with van der Waals surface area (Å²) in [6.07, 6.45) is 2.17. The minimum atomic E-state index is -0.120. The molecule has 0 spiro atoms. The summed E-state index contributed by atoms with van der Waals surface area (Å²) in [7, 11) is 0. The normalized spacial score (nSPS) is 14.3. The largest absolute Gasteiger partial charge is 0.492 e. The highest BCUT2D eigenvalue weighted by atomic mass is 35.5. The molecule has 0 fully saturated rings. The van der Waals surface area contributed by atoms with Crippen LogP contribution < -0.4 is 4.74 Å². The van der Waals surface area contributed by atoms with Crippen molar-refractivity contribution >= 4 is 34.8 Å². The number of benzene rings is 1. The van der Waals surface area contributed by atoms with Gasteiger partial charge >= 0.3 is 0 Å². The maximum atomic E-state index is 6.46. The Labute approximate surface area is 124 Å². The molecule has 0 saturated carbocycles. The van der Waals surface area contributed by atoms with E-state index in [9.17, 15) is 0 Å². The van der Waals surface area contributed by atoms with Crippen molar-refractivity contribution in [1.82, 2.24) is 0 Å². The first kappa shape index (κ1) is 15.9. The zero-order chi connectivity index (χ0) is 13.7. The average molecular weight is 310 g/mol. The van der Waals surface area contributed by atoms with Gasteiger partial charge in [-0.2, -0.15) is 0 Å². The van der Waals surface area contributed by atoms with Gasteiger partial charge in [-0.1, -0.05) is 43.5 Å². The van der Waals surface area contributed by atoms with Crippen LogP contribution in [0.15, 0.2) is 12.1 Å². The molecule has 1 nitrogen and oxygen atoms in total. The quantitative estimate of drug-likeness (QED) is 0.576. The lowest BCUT2D eigenvalue weighted by atomic mass is 9.96. The fourth-order valence-electron chi connectivity index (χ4n) is 1.93. The molecular formula is C14H19Cl3O. The number of halogens is 3. The third-order valence-corrected chi connectivity index (χ3v) is 4.18. The van der Waals surface area contributed by atoms with Crippen molar-refractivity contribution in [1.29, 1.82) is 0 Å². The Balaban J connectivity index is 2.99. The summed E-state index contributed by atoms with van der Waals surface area (Å²) in [5.74, 6) is 0.975. The van der Waals surface area contributed by atoms with Gasteiger partial charge in [0.1, 0.15) is 5.75 Å². The number of alkyl halides is 1. The van der Waals surface area contributed by atoms with Crippen LogP contribution in [0.1, 0.15) is 44.6 Å². The summed E-state index contributed by atoms with van der Waals surface area (Å²) in [4.78, 5) is 0. The van der Waals surface area contributed by atoms with Crippen LogP contribution in [-0.4, -0.2) is 6.61 Å². The molecule has 0 N–H and O–H groups in total. The van der Waals surface area contributed by atoms with Crippen LogP contribution in [0.2, 0.25) is 10.0 Å². The van der Waals surface area contributed by atoms with Crippen molar-refractivity contribution in [3.05, 3.63) is 27.7 Å². The lowest BCUT2D eigenvalue weighted by molar-refractivity contribution is 0.340. The zero-order valence-corrected chi connectivity index (χ0v) is 13.2. The summed E-state index contributed by atoms with van der Waals surface area (Å²) >= 11 is 18.9. The van der Waals surface area contributed by atoms with E-state index in [2.05, 4.69) is 13.8 Å². The molecule has 0 aromatic heterocycles. The average Bonchev–Trinajstić information content (AvgIpc) is 2.33. The van der Waals surface area contributed by atoms with Gasteiger partial charge in [0.05, 0.1) is 17.0 Å². The molecule has 102 valence electrons. The van der Waals surface area contributed by atoms with E-state index in [1.165, 1.54) is 0 Å². The topological polar surface area (TPSA) is 9.23 Å². The highest BCUT2D eigenvalue weighted by Gasteiger charge is 2.20. The van der Waals surface area contributed by atoms with Crippen molar-refractivity contribution in [2.24, 2.45) is 5.92 Å². The molecule has 2 unspecified atom stereocenters. The predicted molar refractivity (Wildman–Crippen MR) is 80.3 cm³/mol. The molecule has 0 saturated heterocycles. The Hall–Kier alpha value is -0.110. The molecule has 2 atom stereocenters. The molecule has 4 heteroatoms. The zero-order valence-electron chi connectivity index (χ0n) is 11.0. The number of hydrogen-bond donors (Lipinski definition) is 0. The smallest absolute Gasteiger partial charge is 0.139 e. The van der Waals surface area contributed by atoms with Crippen molar-refractivity contribution in [3.8, 4) is 5.75 Å². The molecule has 1 rings (SSSR count). The minimum Gasteiger partial charge on any atom is -0.492 e. The summed E-state index contributed by atoms with van der Waals surface area (Å²) in [6.45, 7) is 6.74. The van der Waals surface area contributed by atoms with E-state index in [0.29, 0.717) is 28.3 Å². The molecule has 0 radical (unpaired) electrons. The molecule has 0 aliphatic carbocycles. The minimum absolute atomic E-state index is 0.120. The highest BCUT2D eigenvalue weighted by Crippen LogP contribution is 2.40. The fourth-order valence-corrected chi connectivity index (χ4v) is 2.79. The van der Waals surface area contributed by atoms with E-state index < -0.39 is 0 Å². The molecular weight excluding hydrogens is 291 g/mol. The summed E-state index contributed by atoms with van der Waals surface area (Å²) < 4.78 is 5.40. The first-order valence-electron chi connectivity index (χ1n) is 6.27. The molecule has 0 aliphatic rings. The van der Waals surface area contributed by atoms with Crippen LogP contribution in [-0.2, 0) is 0 Å². The van der Waals surface area contributed by atoms with E-state index >= 15 is 0 Å². The Kier molecular flexibility index (Phi) is 6.62. The Bertz CT molecular complexity index is 393. The maximum absolute atomic E-state index is 6.46. The first-order valence-corrected chi connectivity index (χ1v) is 7.46. The molecule has 0 aliphatic heterocycles. The van der Waals surface area contributed by atoms with Crippen LogP contribution in [0, 0.1) is 5.92 Å². The van der Waals surface area contributed by atoms with Gasteiger partial charge in [0.15, 0.2) is 0 Å². The summed E-state index contributed by atoms with van der Waals surface area (Å²) in [5, 5.41) is 1.06. The van der Waals surface area contributed by atoms with Gasteiger partial charge in [-0.15, -0.1) is 11.6 Å². The van der Waals surface area contributed by atoms with Gasteiger partial charge in [-0.25, -0.2) is 0 Å². The van der Waals surface area contributed by atoms with E-state index in [0.717, 1.165) is 18.4 Å². The van der Waals surface area contributed by atoms with Crippen molar-refractivity contribution in [3.63, 3.8) is 0 Å². The first-order chi connectivity index (χ1) is 8.51. The third kappa shape index (κ3) is 3.94. The standard InChI is InChI=1S/C14H19Cl3O/c1-4-6-9(3)14(17)10-7-12(16)13(18-5-2)8-11(10)15/h7-9,14H,4-6H2,1-3H3. The number of rotatable bonds is 6. The van der Waals surface area contributed by atoms with Crippen LogP contribution in [0.4, 0.5) is 0 Å². The van der Waals surface area contributed by atoms with Gasteiger partial charge in [-0.3, -0.25) is 0 Å². The summed E-state index contributed by atoms with van der Waals surface area (Å²) in [6, 6.07) is 3.56. The van der Waals surface area contributed by atoms with E-state index in [1.807, 2.05) is 13.0 Å². The van der Waals surface area contributed by atoms with Gasteiger partial charge in [0.25, 0.3) is 0 Å². The van der Waals surface area contributed by atoms with Crippen LogP contribution >= 0.6 is 34.8 Å². The van der Waals surface area contributed by atoms with Gasteiger partial charge < -0.3 is 4.74 Å². The second kappa shape index (κ2) is 7.47. The lowest BCUT2D eigenvalue weighted by Crippen LogP contribution is -2.05. The molecule has 0 bridgehead atoms. The van der Waals surface area contributed by atoms with E-state index in [4.69, 9.17) is 39.5 Å². The van der Waals surface area contributed by atoms with Crippen LogP contribution in [0.25, 0.3) is 0 Å². The Morgan fingerprint density at radius 3 is 2.39 bits per heavy atom. The summed E-state index contributed by atoms with van der Waals surface area (Å²) in [5.41, 5.74) is 0.882.